The van der Waals surface area contributed by atoms with Crippen LogP contribution in [0.4, 0.5) is 5.69 Å². The van der Waals surface area contributed by atoms with Gasteiger partial charge in [0.15, 0.2) is 0 Å². The summed E-state index contributed by atoms with van der Waals surface area (Å²) in [5.74, 6) is -0.204. The zero-order valence-electron chi connectivity index (χ0n) is 21.0. The van der Waals surface area contributed by atoms with E-state index in [4.69, 9.17) is 27.9 Å². The molecule has 0 aromatic heterocycles. The van der Waals surface area contributed by atoms with Crippen molar-refractivity contribution in [3.8, 4) is 5.75 Å². The molecular weight excluding hydrogens is 525 g/mol. The highest BCUT2D eigenvalue weighted by molar-refractivity contribution is 7.92. The van der Waals surface area contributed by atoms with Gasteiger partial charge < -0.3 is 15.0 Å². The minimum Gasteiger partial charge on any atom is -0.495 e. The summed E-state index contributed by atoms with van der Waals surface area (Å²) < 4.78 is 31.6. The molecular formula is C25H33Cl2N3O5S. The third-order valence-electron chi connectivity index (χ3n) is 5.61. The maximum absolute atomic E-state index is 13.3. The van der Waals surface area contributed by atoms with Gasteiger partial charge in [-0.3, -0.25) is 13.9 Å². The summed E-state index contributed by atoms with van der Waals surface area (Å²) in [6, 6.07) is 11.0. The molecule has 2 aromatic rings. The van der Waals surface area contributed by atoms with Crippen molar-refractivity contribution in [1.29, 1.82) is 0 Å². The van der Waals surface area contributed by atoms with Gasteiger partial charge in [-0.1, -0.05) is 48.3 Å². The maximum atomic E-state index is 13.3. The Morgan fingerprint density at radius 2 is 1.72 bits per heavy atom. The minimum atomic E-state index is -3.64. The number of sulfonamides is 1. The number of carbonyl (C=O) groups is 2. The average Bonchev–Trinajstić information content (AvgIpc) is 2.83. The molecule has 1 N–H and O–H groups in total. The fraction of sp³-hybridized carbons (Fsp3) is 0.440. The lowest BCUT2D eigenvalue weighted by molar-refractivity contribution is -0.140. The Morgan fingerprint density at radius 1 is 1.08 bits per heavy atom. The van der Waals surface area contributed by atoms with Crippen LogP contribution in [0.2, 0.25) is 10.0 Å². The lowest BCUT2D eigenvalue weighted by atomic mass is 10.1. The Morgan fingerprint density at radius 3 is 2.31 bits per heavy atom. The van der Waals surface area contributed by atoms with E-state index in [1.54, 1.807) is 49.4 Å². The third-order valence-corrected chi connectivity index (χ3v) is 7.50. The van der Waals surface area contributed by atoms with Crippen LogP contribution < -0.4 is 14.4 Å². The van der Waals surface area contributed by atoms with Crippen LogP contribution in [0, 0.1) is 0 Å². The van der Waals surface area contributed by atoms with Crippen molar-refractivity contribution in [1.82, 2.24) is 10.2 Å². The largest absolute Gasteiger partial charge is 0.495 e. The van der Waals surface area contributed by atoms with Crippen molar-refractivity contribution in [3.05, 3.63) is 58.1 Å². The molecule has 11 heteroatoms. The molecule has 0 aliphatic carbocycles. The number of nitrogens with one attached hydrogen (secondary N) is 1. The van der Waals surface area contributed by atoms with Crippen LogP contribution in [0.1, 0.15) is 38.7 Å². The van der Waals surface area contributed by atoms with E-state index in [-0.39, 0.29) is 37.7 Å². The average molecular weight is 559 g/mol. The third kappa shape index (κ3) is 8.01. The molecule has 0 fully saturated rings. The predicted molar refractivity (Wildman–Crippen MR) is 144 cm³/mol. The second-order valence-electron chi connectivity index (χ2n) is 8.30. The molecule has 0 unspecified atom stereocenters. The van der Waals surface area contributed by atoms with Crippen LogP contribution in [0.3, 0.4) is 0 Å². The Labute approximate surface area is 223 Å². The van der Waals surface area contributed by atoms with E-state index in [1.807, 2.05) is 6.92 Å². The number of ether oxygens (including phenoxy) is 1. The highest BCUT2D eigenvalue weighted by Gasteiger charge is 2.28. The van der Waals surface area contributed by atoms with Gasteiger partial charge in [-0.15, -0.1) is 0 Å². The highest BCUT2D eigenvalue weighted by Crippen LogP contribution is 2.30. The molecule has 1 atom stereocenters. The van der Waals surface area contributed by atoms with Gasteiger partial charge in [-0.2, -0.15) is 0 Å². The Hall–Kier alpha value is -2.49. The summed E-state index contributed by atoms with van der Waals surface area (Å²) in [5, 5.41) is 3.59. The van der Waals surface area contributed by atoms with Gasteiger partial charge in [0, 0.05) is 41.7 Å². The number of benzene rings is 2. The standard InChI is InChI=1S/C25H33Cl2N3O5S/c1-5-15-28-25(32)18(2)29(17-19-20(26)10-8-11-21(19)27)24(31)14-9-16-30(36(4,33)34)22-12-6-7-13-23(22)35-3/h6-8,10-13,18H,5,9,14-17H2,1-4H3,(H,28,32)/t18-/m0/s1. The summed E-state index contributed by atoms with van der Waals surface area (Å²) in [6.45, 7) is 4.17. The molecule has 0 saturated carbocycles. The van der Waals surface area contributed by atoms with Gasteiger partial charge in [0.2, 0.25) is 21.8 Å². The molecule has 2 amide bonds. The van der Waals surface area contributed by atoms with E-state index in [2.05, 4.69) is 5.32 Å². The van der Waals surface area contributed by atoms with Crippen LogP contribution in [0.5, 0.6) is 5.75 Å². The van der Waals surface area contributed by atoms with Crippen LogP contribution in [0.25, 0.3) is 0 Å². The predicted octanol–water partition coefficient (Wildman–Crippen LogP) is 4.49. The van der Waals surface area contributed by atoms with E-state index in [1.165, 1.54) is 16.3 Å². The zero-order chi connectivity index (χ0) is 26.9. The number of hydrogen-bond acceptors (Lipinski definition) is 5. The first-order valence-corrected chi connectivity index (χ1v) is 14.2. The monoisotopic (exact) mass is 557 g/mol. The first kappa shape index (κ1) is 29.7. The number of rotatable bonds is 13. The van der Waals surface area contributed by atoms with Gasteiger partial charge in [0.05, 0.1) is 19.1 Å². The second kappa shape index (κ2) is 13.7. The van der Waals surface area contributed by atoms with Gasteiger partial charge >= 0.3 is 0 Å². The van der Waals surface area contributed by atoms with Gasteiger partial charge in [0.1, 0.15) is 11.8 Å². The molecule has 0 heterocycles. The van der Waals surface area contributed by atoms with E-state index in [9.17, 15) is 18.0 Å². The van der Waals surface area contributed by atoms with E-state index < -0.39 is 16.1 Å². The number of nitrogens with zero attached hydrogens (tertiary/aromatic N) is 2. The number of hydrogen-bond donors (Lipinski definition) is 1. The maximum Gasteiger partial charge on any atom is 0.242 e. The van der Waals surface area contributed by atoms with Crippen LogP contribution in [-0.2, 0) is 26.2 Å². The van der Waals surface area contributed by atoms with Gasteiger partial charge in [-0.25, -0.2) is 8.42 Å². The van der Waals surface area contributed by atoms with Crippen molar-refractivity contribution in [2.45, 2.75) is 45.7 Å². The minimum absolute atomic E-state index is 0.00857. The summed E-state index contributed by atoms with van der Waals surface area (Å²) in [6.07, 6.45) is 2.09. The molecule has 0 aliphatic heterocycles. The Kier molecular flexibility index (Phi) is 11.3. The fourth-order valence-corrected chi connectivity index (χ4v) is 5.14. The van der Waals surface area contributed by atoms with Gasteiger partial charge in [-0.05, 0) is 44.0 Å². The molecule has 2 aromatic carbocycles. The summed E-state index contributed by atoms with van der Waals surface area (Å²) in [7, 11) is -2.18. The topological polar surface area (TPSA) is 96.0 Å². The van der Waals surface area contributed by atoms with Gasteiger partial charge in [0.25, 0.3) is 0 Å². The summed E-state index contributed by atoms with van der Waals surface area (Å²) in [5.41, 5.74) is 0.929. The molecule has 0 saturated heterocycles. The molecule has 0 bridgehead atoms. The van der Waals surface area contributed by atoms with E-state index in [0.29, 0.717) is 33.6 Å². The number of carbonyl (C=O) groups excluding carboxylic acids is 2. The van der Waals surface area contributed by atoms with Crippen molar-refractivity contribution in [2.24, 2.45) is 0 Å². The van der Waals surface area contributed by atoms with E-state index in [0.717, 1.165) is 12.7 Å². The molecule has 0 spiro atoms. The number of halogens is 2. The smallest absolute Gasteiger partial charge is 0.242 e. The van der Waals surface area contributed by atoms with Crippen LogP contribution in [0.15, 0.2) is 42.5 Å². The number of methoxy groups -OCH3 is 1. The number of anilines is 1. The lowest BCUT2D eigenvalue weighted by Crippen LogP contribution is -2.48. The fourth-order valence-electron chi connectivity index (χ4n) is 3.65. The normalized spacial score (nSPS) is 12.1. The first-order valence-electron chi connectivity index (χ1n) is 11.6. The molecule has 0 aliphatic rings. The van der Waals surface area contributed by atoms with Crippen LogP contribution >= 0.6 is 23.2 Å². The second-order valence-corrected chi connectivity index (χ2v) is 11.0. The highest BCUT2D eigenvalue weighted by atomic mass is 35.5. The van der Waals surface area contributed by atoms with Crippen molar-refractivity contribution >= 4 is 50.7 Å². The summed E-state index contributed by atoms with van der Waals surface area (Å²) >= 11 is 12.7. The number of para-hydroxylation sites is 2. The molecule has 8 nitrogen and oxygen atoms in total. The molecule has 0 radical (unpaired) electrons. The molecule has 198 valence electrons. The Bertz CT molecular complexity index is 1140. The number of amides is 2. The zero-order valence-corrected chi connectivity index (χ0v) is 23.3. The Balaban J connectivity index is 2.24. The van der Waals surface area contributed by atoms with Crippen molar-refractivity contribution in [3.63, 3.8) is 0 Å². The van der Waals surface area contributed by atoms with Crippen molar-refractivity contribution < 1.29 is 22.7 Å². The molecule has 36 heavy (non-hydrogen) atoms. The SMILES string of the molecule is CCCNC(=O)[C@H](C)N(Cc1c(Cl)cccc1Cl)C(=O)CCCN(c1ccccc1OC)S(C)(=O)=O. The quantitative estimate of drug-likeness (QED) is 0.391. The first-order chi connectivity index (χ1) is 17.0. The molecule has 2 rings (SSSR count). The lowest BCUT2D eigenvalue weighted by Gasteiger charge is -2.30. The van der Waals surface area contributed by atoms with E-state index >= 15 is 0 Å². The van der Waals surface area contributed by atoms with Crippen molar-refractivity contribution in [2.75, 3.05) is 30.8 Å². The summed E-state index contributed by atoms with van der Waals surface area (Å²) in [4.78, 5) is 27.5. The van der Waals surface area contributed by atoms with Crippen LogP contribution in [-0.4, -0.2) is 57.6 Å².